The van der Waals surface area contributed by atoms with Crippen LogP contribution >= 0.6 is 0 Å². The molecular weight excluding hydrogens is 332 g/mol. The number of carbonyl (C=O) groups excluding carboxylic acids is 1. The highest BCUT2D eigenvalue weighted by molar-refractivity contribution is 5.77. The van der Waals surface area contributed by atoms with Gasteiger partial charge < -0.3 is 19.2 Å². The number of furan rings is 1. The Kier molecular flexibility index (Phi) is 6.51. The van der Waals surface area contributed by atoms with Crippen molar-refractivity contribution in [1.82, 2.24) is 10.2 Å². The van der Waals surface area contributed by atoms with Gasteiger partial charge >= 0.3 is 0 Å². The summed E-state index contributed by atoms with van der Waals surface area (Å²) in [4.78, 5) is 14.0. The molecule has 144 valence electrons. The van der Waals surface area contributed by atoms with Gasteiger partial charge in [0.05, 0.1) is 18.0 Å². The van der Waals surface area contributed by atoms with Crippen LogP contribution in [0, 0.1) is 0 Å². The van der Waals surface area contributed by atoms with Gasteiger partial charge in [-0.2, -0.15) is 0 Å². The van der Waals surface area contributed by atoms with Crippen molar-refractivity contribution in [2.45, 2.75) is 44.3 Å². The summed E-state index contributed by atoms with van der Waals surface area (Å²) < 4.78 is 16.6. The summed E-state index contributed by atoms with van der Waals surface area (Å²) in [6.07, 6.45) is 8.16. The molecule has 1 atom stereocenters. The van der Waals surface area contributed by atoms with Crippen LogP contribution in [0.15, 0.2) is 28.4 Å². The summed E-state index contributed by atoms with van der Waals surface area (Å²) >= 11 is 0. The molecule has 6 heteroatoms. The van der Waals surface area contributed by atoms with Gasteiger partial charge in [-0.15, -0.1) is 0 Å². The van der Waals surface area contributed by atoms with E-state index in [2.05, 4.69) is 23.2 Å². The third-order valence-corrected chi connectivity index (χ3v) is 5.31. The molecule has 26 heavy (non-hydrogen) atoms. The molecule has 3 rings (SSSR count). The normalized spacial score (nSPS) is 23.5. The molecule has 0 bridgehead atoms. The highest BCUT2D eigenvalue weighted by atomic mass is 16.5. The van der Waals surface area contributed by atoms with E-state index < -0.39 is 0 Å². The van der Waals surface area contributed by atoms with E-state index in [1.807, 2.05) is 12.1 Å². The number of amides is 1. The van der Waals surface area contributed by atoms with Crippen LogP contribution in [0.25, 0.3) is 6.08 Å². The third kappa shape index (κ3) is 5.19. The van der Waals surface area contributed by atoms with Crippen molar-refractivity contribution >= 4 is 12.0 Å². The molecule has 0 aromatic carbocycles. The average Bonchev–Trinajstić information content (AvgIpc) is 3.26. The van der Waals surface area contributed by atoms with Crippen molar-refractivity contribution in [2.75, 3.05) is 39.9 Å². The summed E-state index contributed by atoms with van der Waals surface area (Å²) in [6, 6.07) is 3.89. The van der Waals surface area contributed by atoms with Gasteiger partial charge in [0.15, 0.2) is 0 Å². The third-order valence-electron chi connectivity index (χ3n) is 5.31. The van der Waals surface area contributed by atoms with Crippen molar-refractivity contribution in [3.05, 3.63) is 29.7 Å². The largest absolute Gasteiger partial charge is 0.465 e. The molecule has 6 nitrogen and oxygen atoms in total. The second kappa shape index (κ2) is 8.84. The second-order valence-electron chi connectivity index (χ2n) is 7.48. The van der Waals surface area contributed by atoms with Gasteiger partial charge in [0.2, 0.25) is 5.91 Å². The fraction of sp³-hybridized carbons (Fsp3) is 0.650. The number of nitrogens with one attached hydrogen (secondary N) is 1. The van der Waals surface area contributed by atoms with Gasteiger partial charge in [-0.05, 0) is 50.8 Å². The lowest BCUT2D eigenvalue weighted by molar-refractivity contribution is -0.126. The summed E-state index contributed by atoms with van der Waals surface area (Å²) in [5.74, 6) is 0.833. The van der Waals surface area contributed by atoms with E-state index in [1.165, 1.54) is 12.7 Å². The van der Waals surface area contributed by atoms with Gasteiger partial charge in [0.1, 0.15) is 12.4 Å². The Labute approximate surface area is 155 Å². The molecule has 2 fully saturated rings. The maximum atomic E-state index is 11.5. The molecule has 0 radical (unpaired) electrons. The predicted octanol–water partition coefficient (Wildman–Crippen LogP) is 2.46. The highest BCUT2D eigenvalue weighted by Crippen LogP contribution is 2.38. The number of likely N-dealkylation sites (tertiary alicyclic amines) is 1. The summed E-state index contributed by atoms with van der Waals surface area (Å²) in [6.45, 7) is 5.90. The molecule has 2 aliphatic heterocycles. The van der Waals surface area contributed by atoms with E-state index in [0.29, 0.717) is 6.54 Å². The van der Waals surface area contributed by atoms with Crippen LogP contribution in [0.3, 0.4) is 0 Å². The summed E-state index contributed by atoms with van der Waals surface area (Å²) in [5, 5.41) is 2.89. The lowest BCUT2D eigenvalue weighted by Crippen LogP contribution is -2.45. The van der Waals surface area contributed by atoms with Crippen LogP contribution < -0.4 is 5.32 Å². The van der Waals surface area contributed by atoms with E-state index in [9.17, 15) is 4.79 Å². The molecule has 1 spiro atoms. The zero-order valence-corrected chi connectivity index (χ0v) is 15.8. The summed E-state index contributed by atoms with van der Waals surface area (Å²) in [7, 11) is 1.53. The van der Waals surface area contributed by atoms with Crippen LogP contribution in [-0.2, 0) is 14.3 Å². The topological polar surface area (TPSA) is 63.9 Å². The van der Waals surface area contributed by atoms with Gasteiger partial charge in [-0.25, -0.2) is 0 Å². The van der Waals surface area contributed by atoms with Crippen molar-refractivity contribution in [2.24, 2.45) is 0 Å². The predicted molar refractivity (Wildman–Crippen MR) is 99.8 cm³/mol. The SMILES string of the molecule is COCC(=O)NCC1CCC2(CCN(C/C(C)=C/c3ccco3)CC2)O1. The molecule has 1 aromatic rings. The molecule has 2 aliphatic rings. The Morgan fingerprint density at radius 3 is 2.92 bits per heavy atom. The van der Waals surface area contributed by atoms with Crippen LogP contribution in [0.2, 0.25) is 0 Å². The maximum Gasteiger partial charge on any atom is 0.246 e. The number of nitrogens with zero attached hydrogens (tertiary/aromatic N) is 1. The molecule has 3 heterocycles. The second-order valence-corrected chi connectivity index (χ2v) is 7.48. The first-order chi connectivity index (χ1) is 12.6. The minimum atomic E-state index is -0.0781. The Hall–Kier alpha value is -1.63. The van der Waals surface area contributed by atoms with Crippen LogP contribution in [0.4, 0.5) is 0 Å². The van der Waals surface area contributed by atoms with E-state index in [0.717, 1.165) is 51.1 Å². The van der Waals surface area contributed by atoms with Gasteiger partial charge in [0, 0.05) is 33.3 Å². The van der Waals surface area contributed by atoms with E-state index in [4.69, 9.17) is 13.9 Å². The number of rotatable bonds is 7. The van der Waals surface area contributed by atoms with Gasteiger partial charge in [-0.1, -0.05) is 5.57 Å². The van der Waals surface area contributed by atoms with Crippen LogP contribution in [0.1, 0.15) is 38.4 Å². The van der Waals surface area contributed by atoms with Crippen LogP contribution in [0.5, 0.6) is 0 Å². The molecular formula is C20H30N2O4. The van der Waals surface area contributed by atoms with E-state index >= 15 is 0 Å². The molecule has 1 unspecified atom stereocenters. The van der Waals surface area contributed by atoms with E-state index in [-0.39, 0.29) is 24.2 Å². The first kappa shape index (κ1) is 19.1. The minimum Gasteiger partial charge on any atom is -0.465 e. The van der Waals surface area contributed by atoms with E-state index in [1.54, 1.807) is 6.26 Å². The Balaban J connectivity index is 1.41. The number of piperidine rings is 1. The first-order valence-electron chi connectivity index (χ1n) is 9.45. The summed E-state index contributed by atoms with van der Waals surface area (Å²) in [5.41, 5.74) is 1.31. The molecule has 2 saturated heterocycles. The zero-order chi connectivity index (χ0) is 18.4. The number of ether oxygens (including phenoxy) is 2. The van der Waals surface area contributed by atoms with Crippen LogP contribution in [-0.4, -0.2) is 62.4 Å². The monoisotopic (exact) mass is 362 g/mol. The number of methoxy groups -OCH3 is 1. The van der Waals surface area contributed by atoms with Crippen molar-refractivity contribution in [1.29, 1.82) is 0 Å². The Bertz CT molecular complexity index is 603. The van der Waals surface area contributed by atoms with Gasteiger partial charge in [-0.3, -0.25) is 9.69 Å². The van der Waals surface area contributed by atoms with Crippen molar-refractivity contribution in [3.8, 4) is 0 Å². The molecule has 0 saturated carbocycles. The van der Waals surface area contributed by atoms with Crippen molar-refractivity contribution in [3.63, 3.8) is 0 Å². The fourth-order valence-corrected chi connectivity index (χ4v) is 3.95. The molecule has 1 N–H and O–H groups in total. The number of hydrogen-bond donors (Lipinski definition) is 1. The lowest BCUT2D eigenvalue weighted by Gasteiger charge is -2.39. The number of carbonyl (C=O) groups is 1. The lowest BCUT2D eigenvalue weighted by atomic mass is 9.88. The zero-order valence-electron chi connectivity index (χ0n) is 15.8. The Morgan fingerprint density at radius 1 is 1.42 bits per heavy atom. The molecule has 1 aromatic heterocycles. The fourth-order valence-electron chi connectivity index (χ4n) is 3.95. The Morgan fingerprint density at radius 2 is 2.23 bits per heavy atom. The smallest absolute Gasteiger partial charge is 0.246 e. The average molecular weight is 362 g/mol. The van der Waals surface area contributed by atoms with Crippen molar-refractivity contribution < 1.29 is 18.7 Å². The first-order valence-corrected chi connectivity index (χ1v) is 9.45. The van der Waals surface area contributed by atoms with Gasteiger partial charge in [0.25, 0.3) is 0 Å². The molecule has 1 amide bonds. The molecule has 0 aliphatic carbocycles. The quantitative estimate of drug-likeness (QED) is 0.807. The highest BCUT2D eigenvalue weighted by Gasteiger charge is 2.42. The number of hydrogen-bond acceptors (Lipinski definition) is 5. The standard InChI is InChI=1S/C20H30N2O4/c1-16(12-17-4-3-11-25-17)14-22-9-7-20(8-10-22)6-5-18(26-20)13-21-19(23)15-24-2/h3-4,11-12,18H,5-10,13-15H2,1-2H3,(H,21,23)/b16-12+. The minimum absolute atomic E-state index is 0.00574. The maximum absolute atomic E-state index is 11.5.